The SMILES string of the molecule is CC.c1ccc2c(c1)NCCCS2. The smallest absolute Gasteiger partial charge is 0.0478 e. The molecule has 0 bridgehead atoms. The second kappa shape index (κ2) is 5.92. The van der Waals surface area contributed by atoms with Gasteiger partial charge in [-0.05, 0) is 24.3 Å². The Morgan fingerprint density at radius 3 is 2.85 bits per heavy atom. The number of thioether (sulfide) groups is 1. The fourth-order valence-electron chi connectivity index (χ4n) is 1.22. The molecule has 0 spiro atoms. The highest BCUT2D eigenvalue weighted by Gasteiger charge is 2.04. The second-order valence-corrected chi connectivity index (χ2v) is 3.76. The quantitative estimate of drug-likeness (QED) is 0.678. The summed E-state index contributed by atoms with van der Waals surface area (Å²) in [7, 11) is 0. The zero-order chi connectivity index (χ0) is 9.52. The predicted molar refractivity (Wildman–Crippen MR) is 61.6 cm³/mol. The normalized spacial score (nSPS) is 14.3. The van der Waals surface area contributed by atoms with Gasteiger partial charge in [-0.3, -0.25) is 0 Å². The number of rotatable bonds is 0. The lowest BCUT2D eigenvalue weighted by Crippen LogP contribution is -1.99. The molecule has 1 aromatic rings. The molecular weight excluding hydrogens is 178 g/mol. The molecule has 1 nitrogen and oxygen atoms in total. The van der Waals surface area contributed by atoms with Gasteiger partial charge in [-0.25, -0.2) is 0 Å². The number of hydrogen-bond donors (Lipinski definition) is 1. The van der Waals surface area contributed by atoms with Gasteiger partial charge in [-0.1, -0.05) is 26.0 Å². The van der Waals surface area contributed by atoms with Crippen LogP contribution in [0.1, 0.15) is 20.3 Å². The van der Waals surface area contributed by atoms with E-state index in [1.54, 1.807) is 0 Å². The van der Waals surface area contributed by atoms with E-state index in [4.69, 9.17) is 0 Å². The van der Waals surface area contributed by atoms with Gasteiger partial charge >= 0.3 is 0 Å². The molecule has 0 unspecified atom stereocenters. The number of benzene rings is 1. The highest BCUT2D eigenvalue weighted by Crippen LogP contribution is 2.29. The van der Waals surface area contributed by atoms with Crippen LogP contribution in [0, 0.1) is 0 Å². The molecule has 2 rings (SSSR count). The number of para-hydroxylation sites is 1. The summed E-state index contributed by atoms with van der Waals surface area (Å²) in [4.78, 5) is 1.39. The maximum Gasteiger partial charge on any atom is 0.0478 e. The van der Waals surface area contributed by atoms with Crippen LogP contribution in [0.25, 0.3) is 0 Å². The summed E-state index contributed by atoms with van der Waals surface area (Å²) >= 11 is 1.95. The van der Waals surface area contributed by atoms with Crippen molar-refractivity contribution >= 4 is 17.4 Å². The maximum absolute atomic E-state index is 3.40. The second-order valence-electron chi connectivity index (χ2n) is 2.62. The van der Waals surface area contributed by atoms with E-state index in [1.807, 2.05) is 25.6 Å². The average Bonchev–Trinajstić information content (AvgIpc) is 2.45. The zero-order valence-electron chi connectivity index (χ0n) is 8.34. The Hall–Kier alpha value is -0.630. The number of hydrogen-bond acceptors (Lipinski definition) is 2. The third-order valence-electron chi connectivity index (χ3n) is 1.78. The van der Waals surface area contributed by atoms with E-state index in [0.717, 1.165) is 6.54 Å². The minimum Gasteiger partial charge on any atom is -0.384 e. The van der Waals surface area contributed by atoms with E-state index in [1.165, 1.54) is 22.8 Å². The minimum atomic E-state index is 1.12. The first-order chi connectivity index (χ1) is 6.47. The van der Waals surface area contributed by atoms with Gasteiger partial charge < -0.3 is 5.32 Å². The summed E-state index contributed by atoms with van der Waals surface area (Å²) in [5, 5.41) is 3.40. The molecule has 1 aliphatic heterocycles. The molecule has 1 heterocycles. The van der Waals surface area contributed by atoms with E-state index in [2.05, 4.69) is 29.6 Å². The van der Waals surface area contributed by atoms with Crippen molar-refractivity contribution in [3.05, 3.63) is 24.3 Å². The summed E-state index contributed by atoms with van der Waals surface area (Å²) in [6.45, 7) is 5.12. The fraction of sp³-hybridized carbons (Fsp3) is 0.455. The Morgan fingerprint density at radius 1 is 1.23 bits per heavy atom. The van der Waals surface area contributed by atoms with Crippen LogP contribution in [0.2, 0.25) is 0 Å². The molecule has 1 aromatic carbocycles. The van der Waals surface area contributed by atoms with Crippen molar-refractivity contribution in [1.82, 2.24) is 0 Å². The van der Waals surface area contributed by atoms with Crippen LogP contribution in [0.3, 0.4) is 0 Å². The van der Waals surface area contributed by atoms with Crippen molar-refractivity contribution in [1.29, 1.82) is 0 Å². The van der Waals surface area contributed by atoms with Gasteiger partial charge in [-0.15, -0.1) is 11.8 Å². The lowest BCUT2D eigenvalue weighted by molar-refractivity contribution is 0.999. The summed E-state index contributed by atoms with van der Waals surface area (Å²) in [5.41, 5.74) is 1.30. The first-order valence-corrected chi connectivity index (χ1v) is 5.91. The number of nitrogens with one attached hydrogen (secondary N) is 1. The van der Waals surface area contributed by atoms with Crippen molar-refractivity contribution < 1.29 is 0 Å². The highest BCUT2D eigenvalue weighted by molar-refractivity contribution is 7.99. The fourth-order valence-corrected chi connectivity index (χ4v) is 2.19. The topological polar surface area (TPSA) is 12.0 Å². The lowest BCUT2D eigenvalue weighted by atomic mass is 10.3. The van der Waals surface area contributed by atoms with Gasteiger partial charge in [0.1, 0.15) is 0 Å². The molecule has 72 valence electrons. The van der Waals surface area contributed by atoms with Crippen LogP contribution in [0.15, 0.2) is 29.2 Å². The largest absolute Gasteiger partial charge is 0.384 e. The van der Waals surface area contributed by atoms with E-state index in [-0.39, 0.29) is 0 Å². The Balaban J connectivity index is 0.000000396. The third-order valence-corrected chi connectivity index (χ3v) is 2.94. The molecule has 0 aliphatic carbocycles. The molecule has 2 heteroatoms. The van der Waals surface area contributed by atoms with Crippen molar-refractivity contribution in [3.63, 3.8) is 0 Å². The number of anilines is 1. The molecule has 0 amide bonds. The molecular formula is C11H17NS. The van der Waals surface area contributed by atoms with E-state index in [9.17, 15) is 0 Å². The van der Waals surface area contributed by atoms with E-state index >= 15 is 0 Å². The Kier molecular flexibility index (Phi) is 4.76. The van der Waals surface area contributed by atoms with Gasteiger partial charge in [0.05, 0.1) is 0 Å². The van der Waals surface area contributed by atoms with Gasteiger partial charge in [0.25, 0.3) is 0 Å². The average molecular weight is 195 g/mol. The first-order valence-electron chi connectivity index (χ1n) is 4.92. The molecule has 0 saturated carbocycles. The van der Waals surface area contributed by atoms with Gasteiger partial charge in [0.15, 0.2) is 0 Å². The van der Waals surface area contributed by atoms with Crippen LogP contribution >= 0.6 is 11.8 Å². The van der Waals surface area contributed by atoms with Crippen molar-refractivity contribution in [2.24, 2.45) is 0 Å². The summed E-state index contributed by atoms with van der Waals surface area (Å²) in [5.74, 6) is 1.24. The van der Waals surface area contributed by atoms with Crippen molar-refractivity contribution in [3.8, 4) is 0 Å². The van der Waals surface area contributed by atoms with Crippen LogP contribution in [0.4, 0.5) is 5.69 Å². The van der Waals surface area contributed by atoms with Gasteiger partial charge in [-0.2, -0.15) is 0 Å². The Morgan fingerprint density at radius 2 is 2.00 bits per heavy atom. The standard InChI is InChI=1S/C9H11NS.C2H6/c1-2-5-9-8(4-1)10-6-3-7-11-9;1-2/h1-2,4-5,10H,3,6-7H2;1-2H3. The monoisotopic (exact) mass is 195 g/mol. The molecule has 1 aliphatic rings. The summed E-state index contributed by atoms with van der Waals surface area (Å²) < 4.78 is 0. The van der Waals surface area contributed by atoms with E-state index < -0.39 is 0 Å². The Bertz CT molecular complexity index is 223. The summed E-state index contributed by atoms with van der Waals surface area (Å²) in [6, 6.07) is 8.50. The molecule has 0 aromatic heterocycles. The predicted octanol–water partition coefficient (Wildman–Crippen LogP) is 3.62. The molecule has 0 saturated heterocycles. The zero-order valence-corrected chi connectivity index (χ0v) is 9.16. The molecule has 0 atom stereocenters. The van der Waals surface area contributed by atoms with Gasteiger partial charge in [0.2, 0.25) is 0 Å². The molecule has 0 radical (unpaired) electrons. The maximum atomic E-state index is 3.40. The highest BCUT2D eigenvalue weighted by atomic mass is 32.2. The first kappa shape index (κ1) is 10.5. The van der Waals surface area contributed by atoms with Crippen LogP contribution < -0.4 is 5.32 Å². The molecule has 0 fully saturated rings. The van der Waals surface area contributed by atoms with Crippen molar-refractivity contribution in [2.45, 2.75) is 25.2 Å². The summed E-state index contributed by atoms with van der Waals surface area (Å²) in [6.07, 6.45) is 1.26. The van der Waals surface area contributed by atoms with E-state index in [0.29, 0.717) is 0 Å². The lowest BCUT2D eigenvalue weighted by Gasteiger charge is -2.04. The minimum absolute atomic E-state index is 1.12. The van der Waals surface area contributed by atoms with Crippen molar-refractivity contribution in [2.75, 3.05) is 17.6 Å². The van der Waals surface area contributed by atoms with Crippen LogP contribution in [0.5, 0.6) is 0 Å². The Labute approximate surface area is 84.9 Å². The molecule has 1 N–H and O–H groups in total. The molecule has 13 heavy (non-hydrogen) atoms. The van der Waals surface area contributed by atoms with Crippen LogP contribution in [-0.4, -0.2) is 12.3 Å². The van der Waals surface area contributed by atoms with Gasteiger partial charge in [0, 0.05) is 17.1 Å². The van der Waals surface area contributed by atoms with Crippen LogP contribution in [-0.2, 0) is 0 Å². The number of fused-ring (bicyclic) bond motifs is 1. The third kappa shape index (κ3) is 2.96.